The zero-order valence-electron chi connectivity index (χ0n) is 29.4. The van der Waals surface area contributed by atoms with Crippen molar-refractivity contribution in [3.05, 3.63) is 200 Å². The van der Waals surface area contributed by atoms with Gasteiger partial charge in [-0.1, -0.05) is 170 Å². The molecule has 252 valence electrons. The van der Waals surface area contributed by atoms with E-state index in [1.54, 1.807) is 0 Å². The number of fused-ring (bicyclic) bond motifs is 3. The summed E-state index contributed by atoms with van der Waals surface area (Å²) in [5, 5.41) is 7.26. The summed E-state index contributed by atoms with van der Waals surface area (Å²) >= 11 is 0. The molecule has 10 aromatic rings. The van der Waals surface area contributed by atoms with Crippen LogP contribution in [0.5, 0.6) is 0 Å². The number of hydrogen-bond donors (Lipinski definition) is 0. The number of aromatic nitrogens is 3. The molecular weight excluding hydrogens is 655 g/mol. The minimum absolute atomic E-state index is 0.688. The van der Waals surface area contributed by atoms with E-state index < -0.39 is 0 Å². The van der Waals surface area contributed by atoms with Gasteiger partial charge >= 0.3 is 0 Å². The van der Waals surface area contributed by atoms with Crippen molar-refractivity contribution in [3.63, 3.8) is 0 Å². The second-order valence-electron chi connectivity index (χ2n) is 13.7. The van der Waals surface area contributed by atoms with Crippen LogP contribution in [0.25, 0.3) is 99.6 Å². The number of pyridine rings is 1. The third-order valence-electron chi connectivity index (χ3n) is 10.4. The summed E-state index contributed by atoms with van der Waals surface area (Å²) in [7, 11) is 0. The number of benzene rings is 8. The van der Waals surface area contributed by atoms with Crippen molar-refractivity contribution in [1.82, 2.24) is 15.0 Å². The predicted molar refractivity (Wildman–Crippen MR) is 225 cm³/mol. The molecule has 0 N–H and O–H groups in total. The minimum atomic E-state index is 0.688. The lowest BCUT2D eigenvalue weighted by Gasteiger charge is -2.12. The van der Waals surface area contributed by atoms with Gasteiger partial charge in [0.05, 0.1) is 11.4 Å². The second-order valence-corrected chi connectivity index (χ2v) is 13.7. The van der Waals surface area contributed by atoms with Gasteiger partial charge in [0.1, 0.15) is 0 Å². The van der Waals surface area contributed by atoms with Gasteiger partial charge in [-0.2, -0.15) is 0 Å². The molecule has 2 aromatic heterocycles. The molecule has 0 spiro atoms. The van der Waals surface area contributed by atoms with Crippen LogP contribution in [0.2, 0.25) is 0 Å². The average Bonchev–Trinajstić information content (AvgIpc) is 3.26. The zero-order valence-corrected chi connectivity index (χ0v) is 29.4. The van der Waals surface area contributed by atoms with Gasteiger partial charge in [-0.05, 0) is 72.9 Å². The maximum Gasteiger partial charge on any atom is 0.160 e. The van der Waals surface area contributed by atoms with E-state index >= 15 is 0 Å². The van der Waals surface area contributed by atoms with Crippen LogP contribution in [0.15, 0.2) is 200 Å². The topological polar surface area (TPSA) is 38.7 Å². The molecule has 0 aliphatic carbocycles. The van der Waals surface area contributed by atoms with Gasteiger partial charge in [0.25, 0.3) is 0 Å². The van der Waals surface area contributed by atoms with Gasteiger partial charge < -0.3 is 0 Å². The minimum Gasteiger partial charge on any atom is -0.263 e. The molecule has 10 rings (SSSR count). The first-order chi connectivity index (χ1) is 26.7. The summed E-state index contributed by atoms with van der Waals surface area (Å²) in [6.45, 7) is 0. The van der Waals surface area contributed by atoms with Crippen molar-refractivity contribution in [2.45, 2.75) is 0 Å². The molecule has 0 radical (unpaired) electrons. The quantitative estimate of drug-likeness (QED) is 0.175. The SMILES string of the molecule is c1ccc2cc(-c3ccc(-c4cc(-c5ccc(-c6cncc7ccccc67)cc5)nc(-c5ccc(-c6ccc7ccccc7c6)cc5)n4)cc3)ccc2c1. The lowest BCUT2D eigenvalue weighted by molar-refractivity contribution is 1.18. The number of rotatable bonds is 6. The predicted octanol–water partition coefficient (Wildman–Crippen LogP) is 13.3. The Morgan fingerprint density at radius 2 is 0.704 bits per heavy atom. The third-order valence-corrected chi connectivity index (χ3v) is 10.4. The highest BCUT2D eigenvalue weighted by Crippen LogP contribution is 2.34. The monoisotopic (exact) mass is 687 g/mol. The number of hydrogen-bond acceptors (Lipinski definition) is 3. The van der Waals surface area contributed by atoms with E-state index in [1.165, 1.54) is 43.6 Å². The molecule has 3 nitrogen and oxygen atoms in total. The summed E-state index contributed by atoms with van der Waals surface area (Å²) in [6, 6.07) is 66.6. The van der Waals surface area contributed by atoms with Crippen LogP contribution in [0.3, 0.4) is 0 Å². The fourth-order valence-corrected chi connectivity index (χ4v) is 7.42. The summed E-state index contributed by atoms with van der Waals surface area (Å²) in [4.78, 5) is 14.8. The van der Waals surface area contributed by atoms with Gasteiger partial charge in [0, 0.05) is 40.0 Å². The van der Waals surface area contributed by atoms with Crippen LogP contribution in [0, 0.1) is 0 Å². The summed E-state index contributed by atoms with van der Waals surface area (Å²) in [5.41, 5.74) is 11.7. The van der Waals surface area contributed by atoms with E-state index in [0.717, 1.165) is 50.2 Å². The molecule has 0 amide bonds. The maximum absolute atomic E-state index is 5.17. The van der Waals surface area contributed by atoms with Gasteiger partial charge in [-0.15, -0.1) is 0 Å². The molecule has 0 fully saturated rings. The lowest BCUT2D eigenvalue weighted by atomic mass is 9.98. The summed E-state index contributed by atoms with van der Waals surface area (Å²) < 4.78 is 0. The molecule has 0 atom stereocenters. The third kappa shape index (κ3) is 5.98. The smallest absolute Gasteiger partial charge is 0.160 e. The highest BCUT2D eigenvalue weighted by molar-refractivity contribution is 5.96. The first-order valence-corrected chi connectivity index (χ1v) is 18.2. The van der Waals surface area contributed by atoms with Crippen LogP contribution in [0.1, 0.15) is 0 Å². The van der Waals surface area contributed by atoms with E-state index in [9.17, 15) is 0 Å². The van der Waals surface area contributed by atoms with E-state index in [2.05, 4.69) is 193 Å². The van der Waals surface area contributed by atoms with Crippen molar-refractivity contribution in [2.24, 2.45) is 0 Å². The fraction of sp³-hybridized carbons (Fsp3) is 0. The molecule has 3 heteroatoms. The van der Waals surface area contributed by atoms with Gasteiger partial charge in [0.15, 0.2) is 5.82 Å². The molecule has 0 saturated heterocycles. The Hall–Kier alpha value is -7.23. The normalized spacial score (nSPS) is 11.3. The largest absolute Gasteiger partial charge is 0.263 e. The first-order valence-electron chi connectivity index (χ1n) is 18.2. The van der Waals surface area contributed by atoms with Gasteiger partial charge in [-0.25, -0.2) is 9.97 Å². The maximum atomic E-state index is 5.17. The lowest BCUT2D eigenvalue weighted by Crippen LogP contribution is -1.96. The Morgan fingerprint density at radius 3 is 1.26 bits per heavy atom. The average molecular weight is 688 g/mol. The van der Waals surface area contributed by atoms with Crippen LogP contribution in [-0.4, -0.2) is 15.0 Å². The van der Waals surface area contributed by atoms with Crippen LogP contribution < -0.4 is 0 Å². The standard InChI is InChI=1S/C51H33N3/c1-3-9-42-29-44(27-17-34(42)7-1)36-13-21-39(22-14-36)49-31-50(40-23-19-38(20-24-40)48-33-52-32-46-11-5-6-12-47(46)48)54-51(53-49)41-25-15-37(16-26-41)45-28-18-35-8-2-4-10-43(35)30-45/h1-33H. The fourth-order valence-electron chi connectivity index (χ4n) is 7.42. The molecule has 54 heavy (non-hydrogen) atoms. The van der Waals surface area contributed by atoms with E-state index in [-0.39, 0.29) is 0 Å². The Bertz CT molecular complexity index is 2820. The zero-order chi connectivity index (χ0) is 35.8. The van der Waals surface area contributed by atoms with Crippen molar-refractivity contribution in [3.8, 4) is 67.3 Å². The molecule has 0 aliphatic rings. The van der Waals surface area contributed by atoms with Gasteiger partial charge in [-0.3, -0.25) is 4.98 Å². The van der Waals surface area contributed by atoms with E-state index in [4.69, 9.17) is 9.97 Å². The molecule has 0 aliphatic heterocycles. The molecular formula is C51H33N3. The van der Waals surface area contributed by atoms with E-state index in [1.807, 2.05) is 12.4 Å². The first kappa shape index (κ1) is 31.5. The highest BCUT2D eigenvalue weighted by Gasteiger charge is 2.13. The molecule has 0 saturated carbocycles. The molecule has 8 aromatic carbocycles. The van der Waals surface area contributed by atoms with Crippen molar-refractivity contribution in [1.29, 1.82) is 0 Å². The Labute approximate surface area is 313 Å². The molecule has 0 bridgehead atoms. The molecule has 0 unspecified atom stereocenters. The Kier molecular flexibility index (Phi) is 7.81. The van der Waals surface area contributed by atoms with Crippen molar-refractivity contribution < 1.29 is 0 Å². The van der Waals surface area contributed by atoms with Gasteiger partial charge in [0.2, 0.25) is 0 Å². The van der Waals surface area contributed by atoms with Crippen molar-refractivity contribution in [2.75, 3.05) is 0 Å². The second kappa shape index (κ2) is 13.4. The highest BCUT2D eigenvalue weighted by atomic mass is 14.9. The summed E-state index contributed by atoms with van der Waals surface area (Å²) in [5.74, 6) is 0.688. The molecule has 2 heterocycles. The van der Waals surface area contributed by atoms with Crippen molar-refractivity contribution >= 4 is 32.3 Å². The summed E-state index contributed by atoms with van der Waals surface area (Å²) in [6.07, 6.45) is 3.86. The Morgan fingerprint density at radius 1 is 0.278 bits per heavy atom. The van der Waals surface area contributed by atoms with E-state index in [0.29, 0.717) is 5.82 Å². The Balaban J connectivity index is 1.03. The van der Waals surface area contributed by atoms with Crippen LogP contribution in [0.4, 0.5) is 0 Å². The van der Waals surface area contributed by atoms with Crippen LogP contribution >= 0.6 is 0 Å². The number of nitrogens with zero attached hydrogens (tertiary/aromatic N) is 3. The van der Waals surface area contributed by atoms with Crippen LogP contribution in [-0.2, 0) is 0 Å².